The average molecular weight is 273 g/mol. The van der Waals surface area contributed by atoms with E-state index in [4.69, 9.17) is 10.2 Å². The van der Waals surface area contributed by atoms with Gasteiger partial charge in [-0.05, 0) is 18.2 Å². The van der Waals surface area contributed by atoms with Gasteiger partial charge in [-0.15, -0.1) is 0 Å². The summed E-state index contributed by atoms with van der Waals surface area (Å²) >= 11 is 0. The van der Waals surface area contributed by atoms with Gasteiger partial charge in [-0.3, -0.25) is 9.59 Å². The Labute approximate surface area is 105 Å². The molecular weight excluding hydrogens is 264 g/mol. The Bertz CT molecular complexity index is 532. The number of benzene rings is 1. The minimum absolute atomic E-state index is 0.588. The van der Waals surface area contributed by atoms with Gasteiger partial charge in [0.05, 0.1) is 12.0 Å². The molecule has 102 valence electrons. The lowest BCUT2D eigenvalue weighted by molar-refractivity contribution is -0.145. The van der Waals surface area contributed by atoms with Gasteiger partial charge in [0.15, 0.2) is 0 Å². The average Bonchev–Trinajstić information content (AvgIpc) is 2.30. The first-order chi connectivity index (χ1) is 8.81. The zero-order valence-electron chi connectivity index (χ0n) is 9.39. The number of carboxylic acid groups (broad SMARTS) is 2. The van der Waals surface area contributed by atoms with E-state index in [0.29, 0.717) is 12.1 Å². The van der Waals surface area contributed by atoms with Gasteiger partial charge in [-0.2, -0.15) is 0 Å². The molecule has 0 spiro atoms. The van der Waals surface area contributed by atoms with Crippen LogP contribution in [0.5, 0.6) is 0 Å². The van der Waals surface area contributed by atoms with Crippen LogP contribution in [-0.2, 0) is 9.59 Å². The number of nitrogens with one attached hydrogen (secondary N) is 1. The van der Waals surface area contributed by atoms with Crippen molar-refractivity contribution in [1.82, 2.24) is 5.32 Å². The maximum absolute atomic E-state index is 13.2. The van der Waals surface area contributed by atoms with Gasteiger partial charge >= 0.3 is 11.9 Å². The molecule has 0 aromatic heterocycles. The van der Waals surface area contributed by atoms with E-state index < -0.39 is 47.5 Å². The second-order valence-corrected chi connectivity index (χ2v) is 3.59. The summed E-state index contributed by atoms with van der Waals surface area (Å²) in [7, 11) is 0. The number of hydrogen-bond donors (Lipinski definition) is 3. The fourth-order valence-electron chi connectivity index (χ4n) is 1.28. The smallest absolute Gasteiger partial charge is 0.326 e. The quantitative estimate of drug-likeness (QED) is 0.729. The van der Waals surface area contributed by atoms with Gasteiger partial charge in [-0.25, -0.2) is 13.6 Å². The number of aliphatic carboxylic acids is 2. The van der Waals surface area contributed by atoms with Crippen molar-refractivity contribution in [2.45, 2.75) is 12.5 Å². The summed E-state index contributed by atoms with van der Waals surface area (Å²) < 4.78 is 26.1. The third-order valence-corrected chi connectivity index (χ3v) is 2.16. The highest BCUT2D eigenvalue weighted by molar-refractivity contribution is 5.97. The summed E-state index contributed by atoms with van der Waals surface area (Å²) in [6, 6.07) is 0.354. The summed E-state index contributed by atoms with van der Waals surface area (Å²) in [5.41, 5.74) is -0.698. The minimum Gasteiger partial charge on any atom is -0.481 e. The van der Waals surface area contributed by atoms with Gasteiger partial charge in [0.2, 0.25) is 0 Å². The summed E-state index contributed by atoms with van der Waals surface area (Å²) in [5, 5.41) is 19.0. The van der Waals surface area contributed by atoms with Crippen molar-refractivity contribution in [1.29, 1.82) is 0 Å². The van der Waals surface area contributed by atoms with Crippen LogP contribution in [0.1, 0.15) is 16.8 Å². The first-order valence-corrected chi connectivity index (χ1v) is 5.01. The predicted octanol–water partition coefficient (Wildman–Crippen LogP) is 0.622. The molecule has 0 bridgehead atoms. The molecule has 0 saturated carbocycles. The lowest BCUT2D eigenvalue weighted by Crippen LogP contribution is -2.42. The van der Waals surface area contributed by atoms with E-state index >= 15 is 0 Å². The van der Waals surface area contributed by atoms with Gasteiger partial charge in [0.1, 0.15) is 17.7 Å². The summed E-state index contributed by atoms with van der Waals surface area (Å²) in [4.78, 5) is 32.7. The van der Waals surface area contributed by atoms with Crippen molar-refractivity contribution in [2.24, 2.45) is 0 Å². The van der Waals surface area contributed by atoms with Crippen molar-refractivity contribution in [2.75, 3.05) is 0 Å². The third-order valence-electron chi connectivity index (χ3n) is 2.16. The van der Waals surface area contributed by atoms with Crippen LogP contribution >= 0.6 is 0 Å². The van der Waals surface area contributed by atoms with Gasteiger partial charge in [0, 0.05) is 0 Å². The standard InChI is InChI=1S/C11H9F2NO5/c12-5-1-2-7(13)6(3-5)10(17)14-8(11(18)19)4-9(15)16/h1-3,8H,4H2,(H,14,17)(H,15,16)(H,18,19). The highest BCUT2D eigenvalue weighted by Gasteiger charge is 2.24. The van der Waals surface area contributed by atoms with Gasteiger partial charge in [0.25, 0.3) is 5.91 Å². The van der Waals surface area contributed by atoms with Crippen LogP contribution in [0.25, 0.3) is 0 Å². The molecule has 1 aromatic carbocycles. The molecule has 0 saturated heterocycles. The monoisotopic (exact) mass is 273 g/mol. The Hall–Kier alpha value is -2.51. The zero-order chi connectivity index (χ0) is 14.6. The molecule has 0 heterocycles. The van der Waals surface area contributed by atoms with Gasteiger partial charge in [-0.1, -0.05) is 0 Å². The molecule has 3 N–H and O–H groups in total. The molecule has 0 aliphatic rings. The molecule has 6 nitrogen and oxygen atoms in total. The largest absolute Gasteiger partial charge is 0.481 e. The Morgan fingerprint density at radius 2 is 1.84 bits per heavy atom. The molecule has 19 heavy (non-hydrogen) atoms. The molecule has 1 rings (SSSR count). The lowest BCUT2D eigenvalue weighted by Gasteiger charge is -2.12. The molecule has 1 atom stereocenters. The first kappa shape index (κ1) is 14.6. The fourth-order valence-corrected chi connectivity index (χ4v) is 1.28. The summed E-state index contributed by atoms with van der Waals surface area (Å²) in [5.74, 6) is -6.17. The van der Waals surface area contributed by atoms with Crippen molar-refractivity contribution < 1.29 is 33.4 Å². The minimum atomic E-state index is -1.73. The van der Waals surface area contributed by atoms with E-state index in [1.54, 1.807) is 5.32 Å². The van der Waals surface area contributed by atoms with Gasteiger partial charge < -0.3 is 15.5 Å². The maximum Gasteiger partial charge on any atom is 0.326 e. The molecule has 1 aromatic rings. The van der Waals surface area contributed by atoms with E-state index in [-0.39, 0.29) is 0 Å². The summed E-state index contributed by atoms with van der Waals surface area (Å²) in [6.07, 6.45) is -0.877. The lowest BCUT2D eigenvalue weighted by atomic mass is 10.1. The van der Waals surface area contributed by atoms with Crippen molar-refractivity contribution in [3.8, 4) is 0 Å². The number of carbonyl (C=O) groups is 3. The molecule has 8 heteroatoms. The normalized spacial score (nSPS) is 11.7. The van der Waals surface area contributed by atoms with Crippen molar-refractivity contribution in [3.05, 3.63) is 35.4 Å². The second kappa shape index (κ2) is 5.89. The third kappa shape index (κ3) is 4.02. The number of amides is 1. The molecule has 1 amide bonds. The van der Waals surface area contributed by atoms with Crippen LogP contribution in [0.2, 0.25) is 0 Å². The Morgan fingerprint density at radius 1 is 1.21 bits per heavy atom. The van der Waals surface area contributed by atoms with Crippen LogP contribution in [0.15, 0.2) is 18.2 Å². The van der Waals surface area contributed by atoms with Crippen LogP contribution in [0.4, 0.5) is 8.78 Å². The predicted molar refractivity (Wildman–Crippen MR) is 57.5 cm³/mol. The van der Waals surface area contributed by atoms with Crippen molar-refractivity contribution in [3.63, 3.8) is 0 Å². The van der Waals surface area contributed by atoms with Crippen LogP contribution < -0.4 is 5.32 Å². The van der Waals surface area contributed by atoms with Crippen LogP contribution in [0.3, 0.4) is 0 Å². The number of carbonyl (C=O) groups excluding carboxylic acids is 1. The van der Waals surface area contributed by atoms with Crippen LogP contribution in [0, 0.1) is 11.6 Å². The Kier molecular flexibility index (Phi) is 4.51. The highest BCUT2D eigenvalue weighted by atomic mass is 19.1. The molecule has 0 aliphatic carbocycles. The van der Waals surface area contributed by atoms with Crippen LogP contribution in [-0.4, -0.2) is 34.1 Å². The zero-order valence-corrected chi connectivity index (χ0v) is 9.39. The molecular formula is C11H9F2NO5. The number of rotatable bonds is 5. The molecule has 0 radical (unpaired) electrons. The number of hydrogen-bond acceptors (Lipinski definition) is 3. The topological polar surface area (TPSA) is 104 Å². The first-order valence-electron chi connectivity index (χ1n) is 5.01. The van der Waals surface area contributed by atoms with Crippen molar-refractivity contribution >= 4 is 17.8 Å². The Morgan fingerprint density at radius 3 is 2.37 bits per heavy atom. The van der Waals surface area contributed by atoms with E-state index in [1.165, 1.54) is 0 Å². The second-order valence-electron chi connectivity index (χ2n) is 3.59. The number of carboxylic acids is 2. The maximum atomic E-state index is 13.2. The number of halogens is 2. The Balaban J connectivity index is 2.90. The van der Waals surface area contributed by atoms with E-state index in [9.17, 15) is 23.2 Å². The van der Waals surface area contributed by atoms with E-state index in [2.05, 4.69) is 0 Å². The molecule has 0 fully saturated rings. The molecule has 1 unspecified atom stereocenters. The van der Waals surface area contributed by atoms with E-state index in [0.717, 1.165) is 6.07 Å². The van der Waals surface area contributed by atoms with E-state index in [1.807, 2.05) is 0 Å². The fraction of sp³-hybridized carbons (Fsp3) is 0.182. The highest BCUT2D eigenvalue weighted by Crippen LogP contribution is 2.10. The molecule has 0 aliphatic heterocycles. The SMILES string of the molecule is O=C(O)CC(NC(=O)c1cc(F)ccc1F)C(=O)O. The summed E-state index contributed by atoms with van der Waals surface area (Å²) in [6.45, 7) is 0.